The van der Waals surface area contributed by atoms with Crippen LogP contribution in [0.3, 0.4) is 0 Å². The first kappa shape index (κ1) is 31.0. The number of carbonyl (C=O) groups excluding carboxylic acids is 2. The number of hydrogen-bond donors (Lipinski definition) is 5. The Hall–Kier alpha value is -3.57. The average Bonchev–Trinajstić information content (AvgIpc) is 2.94. The van der Waals surface area contributed by atoms with Crippen LogP contribution in [0.4, 0.5) is 5.69 Å². The van der Waals surface area contributed by atoms with Gasteiger partial charge in [-0.15, -0.1) is 0 Å². The highest BCUT2D eigenvalue weighted by molar-refractivity contribution is 5.99. The fourth-order valence-corrected chi connectivity index (χ4v) is 5.02. The molecule has 2 aromatic carbocycles. The zero-order valence-electron chi connectivity index (χ0n) is 23.6. The third-order valence-electron chi connectivity index (χ3n) is 7.48. The third-order valence-corrected chi connectivity index (χ3v) is 7.48. The number of anilines is 1. The molecule has 2 atom stereocenters. The van der Waals surface area contributed by atoms with Gasteiger partial charge < -0.3 is 36.9 Å². The van der Waals surface area contributed by atoms with E-state index in [1.807, 2.05) is 54.6 Å². The standard InChI is InChI=1S/C30H43N7O3/c1-36-27-13-7-6-11-23(27)21-26(30(36)40)35-29(39)25(15-14-22-9-4-3-5-10-22)34-28(38)24(33)12-8-18-37(2,19-16-31)20-17-32/h3-7,9-11,13,21,24-25H,8,12,14-20,31-33H2,1-2H3,(H-,34,35,38,39)/p+1/t24-,25+/m0/s1. The van der Waals surface area contributed by atoms with Crippen molar-refractivity contribution in [1.82, 2.24) is 9.88 Å². The minimum Gasteiger partial charge on any atom is -0.343 e. The van der Waals surface area contributed by atoms with Gasteiger partial charge in [0.2, 0.25) is 11.8 Å². The van der Waals surface area contributed by atoms with Gasteiger partial charge in [0.15, 0.2) is 0 Å². The van der Waals surface area contributed by atoms with Crippen LogP contribution in [0.15, 0.2) is 65.5 Å². The Labute approximate surface area is 236 Å². The highest BCUT2D eigenvalue weighted by atomic mass is 16.2. The van der Waals surface area contributed by atoms with Crippen molar-refractivity contribution in [3.63, 3.8) is 0 Å². The molecule has 3 rings (SSSR count). The summed E-state index contributed by atoms with van der Waals surface area (Å²) in [7, 11) is 3.77. The Morgan fingerprint density at radius 2 is 1.57 bits per heavy atom. The minimum atomic E-state index is -0.870. The van der Waals surface area contributed by atoms with E-state index >= 15 is 0 Å². The van der Waals surface area contributed by atoms with E-state index in [4.69, 9.17) is 17.2 Å². The molecule has 1 aromatic heterocycles. The molecule has 0 fully saturated rings. The Bertz CT molecular complexity index is 1320. The molecule has 216 valence electrons. The van der Waals surface area contributed by atoms with E-state index in [-0.39, 0.29) is 11.2 Å². The minimum absolute atomic E-state index is 0.159. The van der Waals surface area contributed by atoms with E-state index in [1.54, 1.807) is 13.1 Å². The summed E-state index contributed by atoms with van der Waals surface area (Å²) in [5.74, 6) is -0.856. The van der Waals surface area contributed by atoms with Crippen LogP contribution in [0, 0.1) is 0 Å². The smallest absolute Gasteiger partial charge is 0.274 e. The molecule has 0 aliphatic carbocycles. The lowest BCUT2D eigenvalue weighted by Gasteiger charge is -2.34. The van der Waals surface area contributed by atoms with Crippen LogP contribution in [0.2, 0.25) is 0 Å². The maximum Gasteiger partial charge on any atom is 0.274 e. The third kappa shape index (κ3) is 8.46. The van der Waals surface area contributed by atoms with E-state index in [9.17, 15) is 14.4 Å². The summed E-state index contributed by atoms with van der Waals surface area (Å²) in [5, 5.41) is 6.43. The summed E-state index contributed by atoms with van der Waals surface area (Å²) in [6, 6.07) is 17.2. The molecule has 10 nitrogen and oxygen atoms in total. The first-order valence-electron chi connectivity index (χ1n) is 13.9. The summed E-state index contributed by atoms with van der Waals surface area (Å²) in [4.78, 5) is 39.5. The number of aryl methyl sites for hydroxylation is 2. The number of amides is 2. The number of quaternary nitrogens is 1. The predicted octanol–water partition coefficient (Wildman–Crippen LogP) is 1.07. The lowest BCUT2D eigenvalue weighted by atomic mass is 10.0. The largest absolute Gasteiger partial charge is 0.343 e. The average molecular weight is 551 g/mol. The van der Waals surface area contributed by atoms with Gasteiger partial charge in [-0.3, -0.25) is 14.4 Å². The molecule has 1 heterocycles. The first-order chi connectivity index (χ1) is 19.2. The number of para-hydroxylation sites is 1. The van der Waals surface area contributed by atoms with E-state index in [0.717, 1.165) is 47.0 Å². The molecule has 0 spiro atoms. The monoisotopic (exact) mass is 550 g/mol. The second-order valence-electron chi connectivity index (χ2n) is 10.7. The number of hydrogen-bond acceptors (Lipinski definition) is 6. The summed E-state index contributed by atoms with van der Waals surface area (Å²) in [5.41, 5.74) is 19.4. The molecule has 10 heteroatoms. The normalized spacial score (nSPS) is 13.1. The fourth-order valence-electron chi connectivity index (χ4n) is 5.02. The van der Waals surface area contributed by atoms with Gasteiger partial charge in [0, 0.05) is 25.5 Å². The van der Waals surface area contributed by atoms with Crippen molar-refractivity contribution >= 4 is 28.4 Å². The van der Waals surface area contributed by atoms with Crippen LogP contribution in [-0.2, 0) is 23.1 Å². The van der Waals surface area contributed by atoms with Crippen LogP contribution in [0.25, 0.3) is 10.9 Å². The van der Waals surface area contributed by atoms with E-state index < -0.39 is 23.9 Å². The highest BCUT2D eigenvalue weighted by Crippen LogP contribution is 2.16. The second-order valence-corrected chi connectivity index (χ2v) is 10.7. The molecule has 2 amide bonds. The van der Waals surface area contributed by atoms with Crippen molar-refractivity contribution < 1.29 is 14.1 Å². The molecular formula is C30H44N7O3+. The number of aromatic nitrogens is 1. The van der Waals surface area contributed by atoms with Crippen LogP contribution < -0.4 is 33.4 Å². The zero-order chi connectivity index (χ0) is 29.1. The molecule has 0 saturated heterocycles. The topological polar surface area (TPSA) is 158 Å². The molecule has 40 heavy (non-hydrogen) atoms. The zero-order valence-corrected chi connectivity index (χ0v) is 23.6. The SMILES string of the molecule is Cn1c(=O)c(NC(=O)[C@@H](CCc2ccccc2)NC(=O)[C@@H](N)CCC[N+](C)(CCN)CCN)cc2ccccc21. The summed E-state index contributed by atoms with van der Waals surface area (Å²) in [6.45, 7) is 3.52. The van der Waals surface area contributed by atoms with Crippen LogP contribution in [0.5, 0.6) is 0 Å². The fraction of sp³-hybridized carbons (Fsp3) is 0.433. The molecule has 0 unspecified atom stereocenters. The maximum atomic E-state index is 13.4. The Balaban J connectivity index is 1.71. The summed E-state index contributed by atoms with van der Waals surface area (Å²) in [6.07, 6.45) is 2.11. The molecule has 0 radical (unpaired) electrons. The first-order valence-corrected chi connectivity index (χ1v) is 13.9. The van der Waals surface area contributed by atoms with Crippen molar-refractivity contribution in [1.29, 1.82) is 0 Å². The van der Waals surface area contributed by atoms with Gasteiger partial charge in [0.05, 0.1) is 38.2 Å². The van der Waals surface area contributed by atoms with E-state index in [0.29, 0.717) is 32.4 Å². The highest BCUT2D eigenvalue weighted by Gasteiger charge is 2.26. The quantitative estimate of drug-likeness (QED) is 0.178. The van der Waals surface area contributed by atoms with Crippen molar-refractivity contribution in [2.45, 2.75) is 37.8 Å². The van der Waals surface area contributed by atoms with E-state index in [1.165, 1.54) is 4.57 Å². The van der Waals surface area contributed by atoms with Crippen LogP contribution in [0.1, 0.15) is 24.8 Å². The molecule has 0 aliphatic heterocycles. The molecule has 0 saturated carbocycles. The summed E-state index contributed by atoms with van der Waals surface area (Å²) >= 11 is 0. The second kappa shape index (κ2) is 14.7. The van der Waals surface area contributed by atoms with Crippen LogP contribution in [-0.4, -0.2) is 72.7 Å². The van der Waals surface area contributed by atoms with Gasteiger partial charge in [-0.05, 0) is 43.4 Å². The van der Waals surface area contributed by atoms with Gasteiger partial charge in [-0.25, -0.2) is 0 Å². The lowest BCUT2D eigenvalue weighted by molar-refractivity contribution is -0.907. The maximum absolute atomic E-state index is 13.4. The molecular weight excluding hydrogens is 506 g/mol. The van der Waals surface area contributed by atoms with Gasteiger partial charge in [0.1, 0.15) is 11.7 Å². The van der Waals surface area contributed by atoms with Crippen molar-refractivity contribution in [2.24, 2.45) is 24.2 Å². The van der Waals surface area contributed by atoms with Gasteiger partial charge in [0.25, 0.3) is 5.56 Å². The Morgan fingerprint density at radius 1 is 0.925 bits per heavy atom. The number of benzene rings is 2. The number of likely N-dealkylation sites (N-methyl/N-ethyl adjacent to an activating group) is 1. The Kier molecular flexibility index (Phi) is 11.4. The number of pyridine rings is 1. The van der Waals surface area contributed by atoms with Crippen molar-refractivity contribution in [3.8, 4) is 0 Å². The van der Waals surface area contributed by atoms with Gasteiger partial charge in [-0.1, -0.05) is 48.5 Å². The molecule has 0 bridgehead atoms. The van der Waals surface area contributed by atoms with E-state index in [2.05, 4.69) is 17.7 Å². The number of fused-ring (bicyclic) bond motifs is 1. The number of carbonyl (C=O) groups is 2. The molecule has 0 aliphatic rings. The summed E-state index contributed by atoms with van der Waals surface area (Å²) < 4.78 is 2.23. The van der Waals surface area contributed by atoms with Gasteiger partial charge in [-0.2, -0.15) is 0 Å². The number of nitrogens with two attached hydrogens (primary N) is 3. The van der Waals surface area contributed by atoms with Gasteiger partial charge >= 0.3 is 0 Å². The van der Waals surface area contributed by atoms with Crippen molar-refractivity contribution in [2.75, 3.05) is 45.1 Å². The lowest BCUT2D eigenvalue weighted by Crippen LogP contribution is -2.52. The number of rotatable bonds is 15. The van der Waals surface area contributed by atoms with Crippen molar-refractivity contribution in [3.05, 3.63) is 76.6 Å². The Morgan fingerprint density at radius 3 is 2.25 bits per heavy atom. The van der Waals surface area contributed by atoms with Crippen LogP contribution >= 0.6 is 0 Å². The number of nitrogens with zero attached hydrogens (tertiary/aromatic N) is 2. The molecule has 8 N–H and O–H groups in total. The molecule has 3 aromatic rings. The number of nitrogens with one attached hydrogen (secondary N) is 2. The predicted molar refractivity (Wildman–Crippen MR) is 161 cm³/mol.